The molecule has 106 valence electrons. The van der Waals surface area contributed by atoms with E-state index in [2.05, 4.69) is 10.2 Å². The maximum Gasteiger partial charge on any atom is 0.153 e. The number of carbonyl (C=O) groups excluding carboxylic acids is 1. The second kappa shape index (κ2) is 5.36. The van der Waals surface area contributed by atoms with E-state index in [0.29, 0.717) is 17.8 Å². The summed E-state index contributed by atoms with van der Waals surface area (Å²) in [5.41, 5.74) is 4.18. The Hall–Kier alpha value is -2.69. The van der Waals surface area contributed by atoms with Gasteiger partial charge in [0.2, 0.25) is 0 Å². The number of hydrogen-bond donors (Lipinski definition) is 0. The Morgan fingerprint density at radius 1 is 1.14 bits per heavy atom. The zero-order chi connectivity index (χ0) is 14.8. The van der Waals surface area contributed by atoms with E-state index < -0.39 is 0 Å². The number of aromatic nitrogens is 4. The standard InChI is InChI=1S/C16H16N4O/c1-12-15(10-19(2)17-12)16-14(11-21)9-20(18-16)8-13-6-4-3-5-7-13/h3-7,9-11H,8H2,1-2H3. The van der Waals surface area contributed by atoms with E-state index in [9.17, 15) is 4.79 Å². The second-order valence-corrected chi connectivity index (χ2v) is 5.04. The fraction of sp³-hybridized carbons (Fsp3) is 0.188. The van der Waals surface area contributed by atoms with Crippen molar-refractivity contribution in [2.24, 2.45) is 7.05 Å². The van der Waals surface area contributed by atoms with Crippen LogP contribution in [0.3, 0.4) is 0 Å². The Bertz CT molecular complexity index is 771. The summed E-state index contributed by atoms with van der Waals surface area (Å²) in [6.45, 7) is 2.56. The lowest BCUT2D eigenvalue weighted by Crippen LogP contribution is -2.00. The molecule has 0 saturated heterocycles. The normalized spacial score (nSPS) is 10.8. The predicted molar refractivity (Wildman–Crippen MR) is 80.1 cm³/mol. The monoisotopic (exact) mass is 280 g/mol. The molecule has 0 unspecified atom stereocenters. The molecule has 21 heavy (non-hydrogen) atoms. The zero-order valence-electron chi connectivity index (χ0n) is 12.0. The van der Waals surface area contributed by atoms with Crippen LogP contribution >= 0.6 is 0 Å². The lowest BCUT2D eigenvalue weighted by molar-refractivity contribution is 0.112. The molecule has 5 heteroatoms. The van der Waals surface area contributed by atoms with Crippen LogP contribution in [0, 0.1) is 6.92 Å². The third-order valence-electron chi connectivity index (χ3n) is 3.37. The second-order valence-electron chi connectivity index (χ2n) is 5.04. The summed E-state index contributed by atoms with van der Waals surface area (Å²) in [6.07, 6.45) is 4.51. The molecule has 0 amide bonds. The highest BCUT2D eigenvalue weighted by Gasteiger charge is 2.15. The first-order valence-electron chi connectivity index (χ1n) is 6.74. The molecule has 0 aliphatic heterocycles. The largest absolute Gasteiger partial charge is 0.298 e. The van der Waals surface area contributed by atoms with Crippen LogP contribution in [0.15, 0.2) is 42.7 Å². The third kappa shape index (κ3) is 2.63. The lowest BCUT2D eigenvalue weighted by atomic mass is 10.1. The molecule has 0 N–H and O–H groups in total. The van der Waals surface area contributed by atoms with Crippen LogP contribution in [0.5, 0.6) is 0 Å². The SMILES string of the molecule is Cc1nn(C)cc1-c1nn(Cc2ccccc2)cc1C=O. The van der Waals surface area contributed by atoms with Gasteiger partial charge < -0.3 is 0 Å². The van der Waals surface area contributed by atoms with Gasteiger partial charge in [-0.3, -0.25) is 14.2 Å². The first kappa shape index (κ1) is 13.3. The Kier molecular flexibility index (Phi) is 3.39. The molecule has 0 aliphatic rings. The highest BCUT2D eigenvalue weighted by atomic mass is 16.1. The van der Waals surface area contributed by atoms with Crippen molar-refractivity contribution in [2.75, 3.05) is 0 Å². The molecule has 2 heterocycles. The molecule has 0 saturated carbocycles. The Morgan fingerprint density at radius 2 is 1.90 bits per heavy atom. The van der Waals surface area contributed by atoms with E-state index in [0.717, 1.165) is 23.1 Å². The predicted octanol–water partition coefficient (Wildman–Crippen LogP) is 2.45. The first-order valence-corrected chi connectivity index (χ1v) is 6.74. The van der Waals surface area contributed by atoms with Gasteiger partial charge >= 0.3 is 0 Å². The molecule has 0 aliphatic carbocycles. The summed E-state index contributed by atoms with van der Waals surface area (Å²) in [5, 5.41) is 8.86. The minimum atomic E-state index is 0.585. The van der Waals surface area contributed by atoms with Crippen molar-refractivity contribution >= 4 is 6.29 Å². The highest BCUT2D eigenvalue weighted by molar-refractivity contribution is 5.85. The number of aldehydes is 1. The fourth-order valence-corrected chi connectivity index (χ4v) is 2.42. The first-order chi connectivity index (χ1) is 10.2. The molecule has 0 atom stereocenters. The van der Waals surface area contributed by atoms with Crippen molar-refractivity contribution in [3.05, 3.63) is 59.5 Å². The van der Waals surface area contributed by atoms with Gasteiger partial charge in [0.25, 0.3) is 0 Å². The van der Waals surface area contributed by atoms with E-state index in [-0.39, 0.29) is 0 Å². The number of hydrogen-bond acceptors (Lipinski definition) is 3. The Balaban J connectivity index is 1.99. The van der Waals surface area contributed by atoms with Gasteiger partial charge in [-0.25, -0.2) is 0 Å². The van der Waals surface area contributed by atoms with Crippen molar-refractivity contribution < 1.29 is 4.79 Å². The van der Waals surface area contributed by atoms with E-state index >= 15 is 0 Å². The average Bonchev–Trinajstić information content (AvgIpc) is 3.02. The summed E-state index contributed by atoms with van der Waals surface area (Å²) in [6, 6.07) is 10.0. The molecule has 0 radical (unpaired) electrons. The fourth-order valence-electron chi connectivity index (χ4n) is 2.42. The minimum Gasteiger partial charge on any atom is -0.298 e. The topological polar surface area (TPSA) is 52.7 Å². The molecule has 2 aromatic heterocycles. The summed E-state index contributed by atoms with van der Waals surface area (Å²) in [7, 11) is 1.86. The van der Waals surface area contributed by atoms with Gasteiger partial charge in [0.15, 0.2) is 6.29 Å². The highest BCUT2D eigenvalue weighted by Crippen LogP contribution is 2.23. The van der Waals surface area contributed by atoms with Crippen LogP contribution < -0.4 is 0 Å². The molecule has 1 aromatic carbocycles. The van der Waals surface area contributed by atoms with Gasteiger partial charge in [-0.05, 0) is 12.5 Å². The molecule has 5 nitrogen and oxygen atoms in total. The third-order valence-corrected chi connectivity index (χ3v) is 3.37. The van der Waals surface area contributed by atoms with Crippen LogP contribution in [-0.2, 0) is 13.6 Å². The number of benzene rings is 1. The van der Waals surface area contributed by atoms with Gasteiger partial charge in [-0.1, -0.05) is 30.3 Å². The molecule has 3 aromatic rings. The number of aryl methyl sites for hydroxylation is 2. The number of nitrogens with zero attached hydrogens (tertiary/aromatic N) is 4. The molecular formula is C16H16N4O. The van der Waals surface area contributed by atoms with Crippen molar-refractivity contribution in [1.82, 2.24) is 19.6 Å². The average molecular weight is 280 g/mol. The number of rotatable bonds is 4. The van der Waals surface area contributed by atoms with Crippen molar-refractivity contribution in [2.45, 2.75) is 13.5 Å². The minimum absolute atomic E-state index is 0.585. The van der Waals surface area contributed by atoms with Crippen molar-refractivity contribution in [3.8, 4) is 11.3 Å². The van der Waals surface area contributed by atoms with Gasteiger partial charge in [-0.2, -0.15) is 10.2 Å². The van der Waals surface area contributed by atoms with E-state index in [1.165, 1.54) is 0 Å². The molecule has 0 spiro atoms. The van der Waals surface area contributed by atoms with Gasteiger partial charge in [-0.15, -0.1) is 0 Å². The Labute approximate surface area is 122 Å². The quantitative estimate of drug-likeness (QED) is 0.690. The smallest absolute Gasteiger partial charge is 0.153 e. The van der Waals surface area contributed by atoms with Gasteiger partial charge in [0.05, 0.1) is 17.8 Å². The van der Waals surface area contributed by atoms with Crippen molar-refractivity contribution in [1.29, 1.82) is 0 Å². The molecule has 0 fully saturated rings. The molecule has 0 bridgehead atoms. The van der Waals surface area contributed by atoms with Gasteiger partial charge in [0, 0.05) is 25.0 Å². The zero-order valence-corrected chi connectivity index (χ0v) is 12.0. The van der Waals surface area contributed by atoms with E-state index in [1.807, 2.05) is 50.5 Å². The van der Waals surface area contributed by atoms with Crippen LogP contribution in [-0.4, -0.2) is 25.8 Å². The molecular weight excluding hydrogens is 264 g/mol. The summed E-state index contributed by atoms with van der Waals surface area (Å²) >= 11 is 0. The van der Waals surface area contributed by atoms with Gasteiger partial charge in [0.1, 0.15) is 5.69 Å². The maximum atomic E-state index is 11.3. The summed E-state index contributed by atoms with van der Waals surface area (Å²) < 4.78 is 3.52. The van der Waals surface area contributed by atoms with Crippen LogP contribution in [0.2, 0.25) is 0 Å². The van der Waals surface area contributed by atoms with E-state index in [4.69, 9.17) is 0 Å². The lowest BCUT2D eigenvalue weighted by Gasteiger charge is -2.01. The van der Waals surface area contributed by atoms with Crippen LogP contribution in [0.25, 0.3) is 11.3 Å². The van der Waals surface area contributed by atoms with Crippen molar-refractivity contribution in [3.63, 3.8) is 0 Å². The molecule has 3 rings (SSSR count). The van der Waals surface area contributed by atoms with E-state index in [1.54, 1.807) is 15.6 Å². The van der Waals surface area contributed by atoms with Crippen LogP contribution in [0.4, 0.5) is 0 Å². The Morgan fingerprint density at radius 3 is 2.52 bits per heavy atom. The summed E-state index contributed by atoms with van der Waals surface area (Å²) in [4.78, 5) is 11.3. The summed E-state index contributed by atoms with van der Waals surface area (Å²) in [5.74, 6) is 0. The van der Waals surface area contributed by atoms with Crippen LogP contribution in [0.1, 0.15) is 21.6 Å². The number of carbonyl (C=O) groups is 1. The maximum absolute atomic E-state index is 11.3.